The monoisotopic (exact) mass is 635 g/mol. The number of aromatic nitrogens is 2. The van der Waals surface area contributed by atoms with E-state index in [1.807, 2.05) is 19.2 Å². The van der Waals surface area contributed by atoms with Gasteiger partial charge in [-0.2, -0.15) is 15.6 Å². The third-order valence-corrected chi connectivity index (χ3v) is 6.36. The Labute approximate surface area is 254 Å². The van der Waals surface area contributed by atoms with Gasteiger partial charge in [0.25, 0.3) is 11.9 Å². The Morgan fingerprint density at radius 1 is 1.17 bits per heavy atom. The number of imide groups is 1. The molecule has 0 saturated heterocycles. The summed E-state index contributed by atoms with van der Waals surface area (Å²) in [4.78, 5) is 43.9. The summed E-state index contributed by atoms with van der Waals surface area (Å²) in [6, 6.07) is 5.53. The molecule has 0 radical (unpaired) electrons. The summed E-state index contributed by atoms with van der Waals surface area (Å²) < 4.78 is 15.1. The minimum atomic E-state index is -1.06. The molecule has 0 unspecified atom stereocenters. The predicted octanol–water partition coefficient (Wildman–Crippen LogP) is 3.94. The van der Waals surface area contributed by atoms with Crippen LogP contribution in [0.25, 0.3) is 0 Å². The number of hydrazone groups is 1. The molecular formula is C24H23Cl2N9O6S. The second-order valence-electron chi connectivity index (χ2n) is 7.91. The summed E-state index contributed by atoms with van der Waals surface area (Å²) in [6.45, 7) is 4.91. The maximum atomic E-state index is 12.0. The van der Waals surface area contributed by atoms with Gasteiger partial charge in [0.1, 0.15) is 12.5 Å². The van der Waals surface area contributed by atoms with E-state index in [2.05, 4.69) is 30.5 Å². The predicted molar refractivity (Wildman–Crippen MR) is 151 cm³/mol. The lowest BCUT2D eigenvalue weighted by Gasteiger charge is -2.15. The van der Waals surface area contributed by atoms with Crippen LogP contribution < -0.4 is 20.8 Å². The van der Waals surface area contributed by atoms with Crippen molar-refractivity contribution < 1.29 is 28.6 Å². The molecule has 18 heteroatoms. The Morgan fingerprint density at radius 3 is 2.45 bits per heavy atom. The fraction of sp³-hybridized carbons (Fsp3) is 0.292. The van der Waals surface area contributed by atoms with Gasteiger partial charge in [-0.05, 0) is 36.7 Å². The van der Waals surface area contributed by atoms with Crippen molar-refractivity contribution in [1.29, 1.82) is 15.9 Å². The Kier molecular flexibility index (Phi) is 13.3. The van der Waals surface area contributed by atoms with Crippen molar-refractivity contribution in [3.8, 4) is 17.9 Å². The van der Waals surface area contributed by atoms with Crippen LogP contribution in [0.3, 0.4) is 0 Å². The van der Waals surface area contributed by atoms with Gasteiger partial charge in [0.15, 0.2) is 10.9 Å². The Bertz CT molecular complexity index is 1450. The summed E-state index contributed by atoms with van der Waals surface area (Å²) in [5.41, 5.74) is 2.61. The zero-order chi connectivity index (χ0) is 31.2. The van der Waals surface area contributed by atoms with E-state index in [0.717, 1.165) is 11.8 Å². The molecule has 0 aliphatic heterocycles. The van der Waals surface area contributed by atoms with Crippen molar-refractivity contribution in [3.63, 3.8) is 0 Å². The molecule has 0 aliphatic rings. The molecule has 220 valence electrons. The molecule has 15 nitrogen and oxygen atoms in total. The number of carbonyl (C=O) groups excluding carboxylic acids is 3. The molecule has 42 heavy (non-hydrogen) atoms. The standard InChI is InChI=1S/C24H23Cl2N9O6S/c1-4-39-24(38)33-21(37)16(9-28)35-34-13-7-14(25)20(15(26)8-13)42-23-30-10-17(19(32-23)12(2)3)40-11-41-22(29)31-18(36)5-6-27/h7-8,10,12,34H,4-5,11H2,1-3H3,(H2,29,31,36)(H,33,37,38)/b35-16+. The quantitative estimate of drug-likeness (QED) is 0.0905. The number of rotatable bonds is 11. The van der Waals surface area contributed by atoms with Crippen LogP contribution in [-0.4, -0.2) is 53.0 Å². The first-order chi connectivity index (χ1) is 20.0. The van der Waals surface area contributed by atoms with Gasteiger partial charge in [0, 0.05) is 0 Å². The number of halogens is 2. The molecule has 0 fully saturated rings. The van der Waals surface area contributed by atoms with Crippen LogP contribution in [0.2, 0.25) is 10.0 Å². The SMILES string of the molecule is CCOC(=O)NC(=O)/C(C#N)=N/Nc1cc(Cl)c(Sc2ncc(OCOC(=N)NC(=O)CC#N)c(C(C)C)n2)c(Cl)c1. The number of anilines is 1. The van der Waals surface area contributed by atoms with Gasteiger partial charge in [-0.3, -0.25) is 31.1 Å². The van der Waals surface area contributed by atoms with E-state index in [0.29, 0.717) is 10.6 Å². The first-order valence-electron chi connectivity index (χ1n) is 11.8. The van der Waals surface area contributed by atoms with Crippen LogP contribution in [0.5, 0.6) is 5.75 Å². The van der Waals surface area contributed by atoms with Crippen LogP contribution in [0.4, 0.5) is 10.5 Å². The number of ether oxygens (including phenoxy) is 3. The number of hydrogen-bond donors (Lipinski definition) is 4. The highest BCUT2D eigenvalue weighted by Gasteiger charge is 2.18. The fourth-order valence-corrected chi connectivity index (χ4v) is 4.21. The molecule has 2 rings (SSSR count). The summed E-state index contributed by atoms with van der Waals surface area (Å²) >= 11 is 13.9. The lowest BCUT2D eigenvalue weighted by Crippen LogP contribution is -2.36. The average Bonchev–Trinajstić information content (AvgIpc) is 2.91. The topological polar surface area (TPSA) is 225 Å². The van der Waals surface area contributed by atoms with Gasteiger partial charge < -0.3 is 14.2 Å². The highest BCUT2D eigenvalue weighted by atomic mass is 35.5. The molecule has 0 spiro atoms. The first kappa shape index (κ1) is 33.6. The van der Waals surface area contributed by atoms with Gasteiger partial charge in [0.05, 0.1) is 45.2 Å². The third-order valence-electron chi connectivity index (χ3n) is 4.52. The normalized spacial score (nSPS) is 10.6. The largest absolute Gasteiger partial charge is 0.454 e. The zero-order valence-corrected chi connectivity index (χ0v) is 24.6. The Balaban J connectivity index is 2.12. The van der Waals surface area contributed by atoms with Gasteiger partial charge in [-0.15, -0.1) is 0 Å². The lowest BCUT2D eigenvalue weighted by molar-refractivity contribution is -0.119. The zero-order valence-electron chi connectivity index (χ0n) is 22.3. The minimum Gasteiger partial charge on any atom is -0.454 e. The van der Waals surface area contributed by atoms with E-state index in [-0.39, 0.29) is 39.2 Å². The molecule has 1 heterocycles. The van der Waals surface area contributed by atoms with Crippen molar-refractivity contribution >= 4 is 70.3 Å². The number of nitrogens with one attached hydrogen (secondary N) is 4. The summed E-state index contributed by atoms with van der Waals surface area (Å²) in [7, 11) is 0. The van der Waals surface area contributed by atoms with Crippen LogP contribution in [0.1, 0.15) is 38.8 Å². The molecule has 1 aromatic carbocycles. The third kappa shape index (κ3) is 10.4. The molecule has 3 amide bonds. The molecular weight excluding hydrogens is 613 g/mol. The summed E-state index contributed by atoms with van der Waals surface area (Å²) in [6.07, 6.45) is -0.0340. The highest BCUT2D eigenvalue weighted by molar-refractivity contribution is 7.99. The first-order valence-corrected chi connectivity index (χ1v) is 13.3. The van der Waals surface area contributed by atoms with Gasteiger partial charge in [-0.25, -0.2) is 14.8 Å². The molecule has 0 bridgehead atoms. The average molecular weight is 636 g/mol. The molecule has 0 aliphatic carbocycles. The van der Waals surface area contributed by atoms with E-state index >= 15 is 0 Å². The minimum absolute atomic E-state index is 0.0361. The van der Waals surface area contributed by atoms with Crippen molar-refractivity contribution in [2.24, 2.45) is 5.10 Å². The number of alkyl carbamates (subject to hydrolysis) is 1. The number of carbonyl (C=O) groups is 3. The maximum absolute atomic E-state index is 12.0. The van der Waals surface area contributed by atoms with E-state index in [1.54, 1.807) is 19.1 Å². The van der Waals surface area contributed by atoms with E-state index in [9.17, 15) is 19.6 Å². The van der Waals surface area contributed by atoms with Crippen LogP contribution in [0.15, 0.2) is 33.5 Å². The van der Waals surface area contributed by atoms with E-state index < -0.39 is 42.9 Å². The number of hydrogen-bond acceptors (Lipinski definition) is 14. The lowest BCUT2D eigenvalue weighted by atomic mass is 10.1. The van der Waals surface area contributed by atoms with Gasteiger partial charge >= 0.3 is 6.09 Å². The second kappa shape index (κ2) is 16.6. The van der Waals surface area contributed by atoms with Crippen molar-refractivity contribution in [2.75, 3.05) is 18.8 Å². The van der Waals surface area contributed by atoms with Crippen molar-refractivity contribution in [3.05, 3.63) is 34.1 Å². The number of benzene rings is 1. The Hall–Kier alpha value is -4.64. The summed E-state index contributed by atoms with van der Waals surface area (Å²) in [5.74, 6) is -1.58. The number of amidine groups is 1. The fourth-order valence-electron chi connectivity index (χ4n) is 2.75. The van der Waals surface area contributed by atoms with E-state index in [1.165, 1.54) is 18.3 Å². The number of nitriles is 2. The molecule has 1 aromatic heterocycles. The van der Waals surface area contributed by atoms with Crippen molar-refractivity contribution in [1.82, 2.24) is 20.6 Å². The Morgan fingerprint density at radius 2 is 1.86 bits per heavy atom. The molecule has 0 atom stereocenters. The number of nitrogens with zero attached hydrogens (tertiary/aromatic N) is 5. The van der Waals surface area contributed by atoms with Gasteiger partial charge in [0.2, 0.25) is 18.4 Å². The molecule has 2 aromatic rings. The highest BCUT2D eigenvalue weighted by Crippen LogP contribution is 2.40. The number of amides is 3. The van der Waals surface area contributed by atoms with Crippen molar-refractivity contribution in [2.45, 2.75) is 43.2 Å². The second-order valence-corrected chi connectivity index (χ2v) is 9.70. The van der Waals surface area contributed by atoms with E-state index in [4.69, 9.17) is 43.3 Å². The van der Waals surface area contributed by atoms with Crippen LogP contribution >= 0.6 is 35.0 Å². The maximum Gasteiger partial charge on any atom is 0.414 e. The van der Waals surface area contributed by atoms with Crippen LogP contribution in [-0.2, 0) is 19.1 Å². The summed E-state index contributed by atoms with van der Waals surface area (Å²) in [5, 5.41) is 33.5. The molecule has 4 N–H and O–H groups in total. The van der Waals surface area contributed by atoms with Crippen LogP contribution in [0, 0.1) is 28.1 Å². The molecule has 0 saturated carbocycles. The van der Waals surface area contributed by atoms with Gasteiger partial charge in [-0.1, -0.05) is 37.0 Å². The smallest absolute Gasteiger partial charge is 0.414 e.